The standard InChI is InChI=1S/C46H73O10P/c1-3-5-7-9-11-13-15-17-19-20-21-22-24-26-28-30-32-34-36-38-46(50)56-44(42-55-57(51,52)54-40-43(48)39-47)41-53-45(49)37-35-33-31-29-27-25-23-18-16-14-12-10-8-6-4-2/h5,7,11-14,17-19,21-23,26-29,32,34,43-44,47-48H,3-4,6,8-10,15-16,20,24-25,30-31,33,35-42H2,1-2H3,(H,51,52). The van der Waals surface area contributed by atoms with Crippen molar-refractivity contribution in [2.24, 2.45) is 0 Å². The molecule has 0 fully saturated rings. The highest BCUT2D eigenvalue weighted by atomic mass is 31.2. The number of esters is 2. The Labute approximate surface area is 344 Å². The first-order valence-electron chi connectivity index (χ1n) is 20.8. The summed E-state index contributed by atoms with van der Waals surface area (Å²) in [4.78, 5) is 34.9. The minimum absolute atomic E-state index is 0.0437. The Hall–Kier alpha value is -3.37. The molecule has 0 aliphatic carbocycles. The lowest BCUT2D eigenvalue weighted by Crippen LogP contribution is -2.29. The molecule has 0 bridgehead atoms. The van der Waals surface area contributed by atoms with E-state index in [0.29, 0.717) is 12.8 Å². The van der Waals surface area contributed by atoms with Crippen LogP contribution in [0.4, 0.5) is 0 Å². The molecule has 0 saturated heterocycles. The van der Waals surface area contributed by atoms with Crippen molar-refractivity contribution in [1.82, 2.24) is 0 Å². The zero-order valence-corrected chi connectivity index (χ0v) is 35.6. The lowest BCUT2D eigenvalue weighted by molar-refractivity contribution is -0.161. The Bertz CT molecular complexity index is 1310. The molecule has 3 unspecified atom stereocenters. The second-order valence-electron chi connectivity index (χ2n) is 13.3. The van der Waals surface area contributed by atoms with Crippen molar-refractivity contribution in [3.63, 3.8) is 0 Å². The molecule has 0 radical (unpaired) electrons. The number of ether oxygens (including phenoxy) is 2. The van der Waals surface area contributed by atoms with Gasteiger partial charge in [-0.2, -0.15) is 0 Å². The van der Waals surface area contributed by atoms with Gasteiger partial charge in [0.25, 0.3) is 0 Å². The van der Waals surface area contributed by atoms with Crippen molar-refractivity contribution < 1.29 is 47.8 Å². The van der Waals surface area contributed by atoms with Gasteiger partial charge in [0.15, 0.2) is 6.10 Å². The zero-order chi connectivity index (χ0) is 41.9. The first kappa shape index (κ1) is 53.6. The van der Waals surface area contributed by atoms with Gasteiger partial charge in [-0.05, 0) is 89.9 Å². The van der Waals surface area contributed by atoms with Gasteiger partial charge in [0.1, 0.15) is 12.7 Å². The van der Waals surface area contributed by atoms with Gasteiger partial charge in [0.05, 0.1) is 19.8 Å². The predicted molar refractivity (Wildman–Crippen MR) is 232 cm³/mol. The van der Waals surface area contributed by atoms with Gasteiger partial charge in [0, 0.05) is 12.8 Å². The van der Waals surface area contributed by atoms with E-state index in [0.717, 1.165) is 70.6 Å². The molecular formula is C46H73O10P. The summed E-state index contributed by atoms with van der Waals surface area (Å²) >= 11 is 0. The first-order chi connectivity index (χ1) is 27.7. The molecule has 0 heterocycles. The number of carbonyl (C=O) groups excluding carboxylic acids is 2. The number of hydrogen-bond acceptors (Lipinski definition) is 9. The highest BCUT2D eigenvalue weighted by Gasteiger charge is 2.27. The monoisotopic (exact) mass is 816 g/mol. The summed E-state index contributed by atoms with van der Waals surface area (Å²) in [6.07, 6.45) is 50.7. The minimum Gasteiger partial charge on any atom is -0.462 e. The molecule has 3 N–H and O–H groups in total. The molecule has 0 aliphatic rings. The molecule has 0 aromatic carbocycles. The third-order valence-electron chi connectivity index (χ3n) is 7.92. The summed E-state index contributed by atoms with van der Waals surface area (Å²) in [5.41, 5.74) is 0. The maximum absolute atomic E-state index is 12.6. The van der Waals surface area contributed by atoms with Gasteiger partial charge < -0.3 is 24.6 Å². The number of hydrogen-bond donors (Lipinski definition) is 3. The summed E-state index contributed by atoms with van der Waals surface area (Å²) in [5, 5.41) is 18.3. The Kier molecular flexibility index (Phi) is 38.4. The van der Waals surface area contributed by atoms with E-state index in [4.69, 9.17) is 19.1 Å². The molecular weight excluding hydrogens is 743 g/mol. The van der Waals surface area contributed by atoms with Gasteiger partial charge >= 0.3 is 19.8 Å². The molecule has 0 amide bonds. The highest BCUT2D eigenvalue weighted by molar-refractivity contribution is 7.47. The Morgan fingerprint density at radius 1 is 0.544 bits per heavy atom. The SMILES string of the molecule is CCC=CCC=CCC=CCC=CCC=CCC=CCCC(=O)OC(COC(=O)CCCCC=CCC=CCC=CCCCCC)COP(=O)(O)OCC(O)CO. The summed E-state index contributed by atoms with van der Waals surface area (Å²) in [5.74, 6) is -1.08. The van der Waals surface area contributed by atoms with Crippen LogP contribution in [0.25, 0.3) is 0 Å². The minimum atomic E-state index is -4.65. The average molecular weight is 817 g/mol. The number of unbranched alkanes of at least 4 members (excludes halogenated alkanes) is 5. The van der Waals surface area contributed by atoms with Crippen molar-refractivity contribution in [2.75, 3.05) is 26.4 Å². The maximum atomic E-state index is 12.6. The lowest BCUT2D eigenvalue weighted by atomic mass is 10.1. The molecule has 0 saturated carbocycles. The van der Waals surface area contributed by atoms with Crippen LogP contribution >= 0.6 is 7.82 Å². The third-order valence-corrected chi connectivity index (χ3v) is 8.88. The van der Waals surface area contributed by atoms with Crippen LogP contribution in [0, 0.1) is 0 Å². The first-order valence-corrected chi connectivity index (χ1v) is 22.3. The number of aliphatic hydroxyl groups is 2. The Morgan fingerprint density at radius 2 is 0.982 bits per heavy atom. The number of aliphatic hydroxyl groups excluding tert-OH is 2. The molecule has 0 spiro atoms. The van der Waals surface area contributed by atoms with E-state index in [1.807, 2.05) is 12.2 Å². The topological polar surface area (TPSA) is 149 Å². The van der Waals surface area contributed by atoms with E-state index >= 15 is 0 Å². The van der Waals surface area contributed by atoms with E-state index in [-0.39, 0.29) is 19.4 Å². The van der Waals surface area contributed by atoms with Gasteiger partial charge in [-0.15, -0.1) is 0 Å². The largest absolute Gasteiger partial charge is 0.472 e. The molecule has 0 aliphatic heterocycles. The van der Waals surface area contributed by atoms with Crippen molar-refractivity contribution in [1.29, 1.82) is 0 Å². The molecule has 0 rings (SSSR count). The van der Waals surface area contributed by atoms with Gasteiger partial charge in [-0.3, -0.25) is 18.6 Å². The van der Waals surface area contributed by atoms with Crippen molar-refractivity contribution in [3.05, 3.63) is 109 Å². The van der Waals surface area contributed by atoms with E-state index in [9.17, 15) is 24.2 Å². The number of allylic oxidation sites excluding steroid dienone is 18. The van der Waals surface area contributed by atoms with Crippen molar-refractivity contribution >= 4 is 19.8 Å². The Morgan fingerprint density at radius 3 is 1.46 bits per heavy atom. The molecule has 0 aromatic rings. The molecule has 10 nitrogen and oxygen atoms in total. The third kappa shape index (κ3) is 40.6. The number of phosphoric acid groups is 1. The van der Waals surface area contributed by atoms with Crippen LogP contribution < -0.4 is 0 Å². The van der Waals surface area contributed by atoms with Crippen LogP contribution in [-0.2, 0) is 32.7 Å². The fourth-order valence-corrected chi connectivity index (χ4v) is 5.52. The van der Waals surface area contributed by atoms with Crippen LogP contribution in [0.3, 0.4) is 0 Å². The second-order valence-corrected chi connectivity index (χ2v) is 14.7. The fraction of sp³-hybridized carbons (Fsp3) is 0.565. The number of carbonyl (C=O) groups is 2. The Balaban J connectivity index is 4.55. The number of phosphoric ester groups is 1. The second kappa shape index (κ2) is 40.8. The summed E-state index contributed by atoms with van der Waals surface area (Å²) in [7, 11) is -4.65. The van der Waals surface area contributed by atoms with Crippen LogP contribution in [0.15, 0.2) is 109 Å². The van der Waals surface area contributed by atoms with Crippen molar-refractivity contribution in [2.45, 2.75) is 142 Å². The molecule has 322 valence electrons. The van der Waals surface area contributed by atoms with Crippen LogP contribution in [0.5, 0.6) is 0 Å². The lowest BCUT2D eigenvalue weighted by Gasteiger charge is -2.20. The van der Waals surface area contributed by atoms with Gasteiger partial charge in [-0.1, -0.05) is 136 Å². The van der Waals surface area contributed by atoms with E-state index < -0.39 is 51.8 Å². The summed E-state index contributed by atoms with van der Waals surface area (Å²) < 4.78 is 32.5. The highest BCUT2D eigenvalue weighted by Crippen LogP contribution is 2.43. The summed E-state index contributed by atoms with van der Waals surface area (Å²) in [6, 6.07) is 0. The van der Waals surface area contributed by atoms with Crippen LogP contribution in [0.1, 0.15) is 129 Å². The average Bonchev–Trinajstić information content (AvgIpc) is 3.20. The van der Waals surface area contributed by atoms with E-state index in [2.05, 4.69) is 116 Å². The van der Waals surface area contributed by atoms with E-state index in [1.54, 1.807) is 0 Å². The molecule has 0 aromatic heterocycles. The number of rotatable bonds is 37. The zero-order valence-electron chi connectivity index (χ0n) is 34.7. The van der Waals surface area contributed by atoms with Crippen LogP contribution in [0.2, 0.25) is 0 Å². The molecule has 57 heavy (non-hydrogen) atoms. The maximum Gasteiger partial charge on any atom is 0.472 e. The van der Waals surface area contributed by atoms with Gasteiger partial charge in [0.2, 0.25) is 0 Å². The molecule has 3 atom stereocenters. The normalized spacial score (nSPS) is 15.0. The van der Waals surface area contributed by atoms with Crippen molar-refractivity contribution in [3.8, 4) is 0 Å². The quantitative estimate of drug-likeness (QED) is 0.0239. The van der Waals surface area contributed by atoms with Crippen LogP contribution in [-0.4, -0.2) is 65.7 Å². The van der Waals surface area contributed by atoms with E-state index in [1.165, 1.54) is 19.3 Å². The fourth-order valence-electron chi connectivity index (χ4n) is 4.73. The smallest absolute Gasteiger partial charge is 0.462 e. The molecule has 11 heteroatoms. The summed E-state index contributed by atoms with van der Waals surface area (Å²) in [6.45, 7) is 2.07. The van der Waals surface area contributed by atoms with Gasteiger partial charge in [-0.25, -0.2) is 4.57 Å². The predicted octanol–water partition coefficient (Wildman–Crippen LogP) is 11.0.